The highest BCUT2D eigenvalue weighted by Gasteiger charge is 2.42. The molecule has 1 fully saturated rings. The highest BCUT2D eigenvalue weighted by molar-refractivity contribution is 6.30. The Kier molecular flexibility index (Phi) is 3.13. The molecule has 3 heteroatoms. The van der Waals surface area contributed by atoms with Gasteiger partial charge in [0.15, 0.2) is 0 Å². The third-order valence-corrected chi connectivity index (χ3v) is 3.97. The minimum Gasteiger partial charge on any atom is -0.496 e. The number of halogens is 1. The van der Waals surface area contributed by atoms with Crippen molar-refractivity contribution in [1.82, 2.24) is 0 Å². The molecule has 17 heavy (non-hydrogen) atoms. The third-order valence-electron chi connectivity index (χ3n) is 3.74. The summed E-state index contributed by atoms with van der Waals surface area (Å²) in [7, 11) is 1.68. The van der Waals surface area contributed by atoms with Crippen molar-refractivity contribution in [3.05, 3.63) is 28.8 Å². The van der Waals surface area contributed by atoms with Crippen LogP contribution in [0.5, 0.6) is 5.75 Å². The first-order chi connectivity index (χ1) is 7.86. The van der Waals surface area contributed by atoms with E-state index in [9.17, 15) is 0 Å². The van der Waals surface area contributed by atoms with Crippen LogP contribution in [0.4, 0.5) is 0 Å². The fraction of sp³-hybridized carbons (Fsp3) is 0.571. The van der Waals surface area contributed by atoms with Crippen molar-refractivity contribution < 1.29 is 4.74 Å². The number of methoxy groups -OCH3 is 1. The summed E-state index contributed by atoms with van der Waals surface area (Å²) in [6.07, 6.45) is 3.09. The Morgan fingerprint density at radius 2 is 2.00 bits per heavy atom. The van der Waals surface area contributed by atoms with Crippen LogP contribution in [0.3, 0.4) is 0 Å². The number of ether oxygens (including phenoxy) is 1. The monoisotopic (exact) mass is 253 g/mol. The van der Waals surface area contributed by atoms with E-state index in [0.29, 0.717) is 5.41 Å². The van der Waals surface area contributed by atoms with Crippen LogP contribution in [-0.4, -0.2) is 7.11 Å². The van der Waals surface area contributed by atoms with E-state index in [-0.39, 0.29) is 5.54 Å². The molecule has 0 bridgehead atoms. The summed E-state index contributed by atoms with van der Waals surface area (Å²) >= 11 is 6.07. The van der Waals surface area contributed by atoms with Crippen molar-refractivity contribution >= 4 is 11.6 Å². The molecular formula is C14H20ClNO. The zero-order valence-electron chi connectivity index (χ0n) is 10.7. The molecule has 0 radical (unpaired) electrons. The van der Waals surface area contributed by atoms with E-state index in [1.165, 1.54) is 0 Å². The number of benzene rings is 1. The lowest BCUT2D eigenvalue weighted by molar-refractivity contribution is 0.328. The fourth-order valence-electron chi connectivity index (χ4n) is 2.89. The molecule has 1 aliphatic carbocycles. The van der Waals surface area contributed by atoms with Crippen molar-refractivity contribution in [2.24, 2.45) is 11.1 Å². The summed E-state index contributed by atoms with van der Waals surface area (Å²) in [5, 5.41) is 0.718. The van der Waals surface area contributed by atoms with Gasteiger partial charge in [-0.1, -0.05) is 25.4 Å². The van der Waals surface area contributed by atoms with Crippen molar-refractivity contribution in [1.29, 1.82) is 0 Å². The molecule has 0 spiro atoms. The van der Waals surface area contributed by atoms with Gasteiger partial charge < -0.3 is 10.5 Å². The molecule has 0 aliphatic heterocycles. The van der Waals surface area contributed by atoms with Crippen molar-refractivity contribution in [2.75, 3.05) is 7.11 Å². The molecule has 1 saturated carbocycles. The number of hydrogen-bond donors (Lipinski definition) is 1. The van der Waals surface area contributed by atoms with Crippen LogP contribution in [0.2, 0.25) is 5.02 Å². The Morgan fingerprint density at radius 3 is 2.53 bits per heavy atom. The van der Waals surface area contributed by atoms with Gasteiger partial charge in [-0.3, -0.25) is 0 Å². The standard InChI is InChI=1S/C14H20ClNO/c1-13(2)6-7-14(16,9-13)11-8-10(15)4-5-12(11)17-3/h4-5,8H,6-7,9,16H2,1-3H3. The first-order valence-corrected chi connectivity index (χ1v) is 6.37. The Hall–Kier alpha value is -0.730. The van der Waals surface area contributed by atoms with Gasteiger partial charge in [0.25, 0.3) is 0 Å². The Bertz CT molecular complexity index is 430. The van der Waals surface area contributed by atoms with Gasteiger partial charge in [0.05, 0.1) is 7.11 Å². The van der Waals surface area contributed by atoms with Crippen molar-refractivity contribution in [3.8, 4) is 5.75 Å². The summed E-state index contributed by atoms with van der Waals surface area (Å²) in [5.74, 6) is 0.842. The molecule has 1 aromatic rings. The maximum Gasteiger partial charge on any atom is 0.124 e. The number of hydrogen-bond acceptors (Lipinski definition) is 2. The molecular weight excluding hydrogens is 234 g/mol. The molecule has 1 unspecified atom stereocenters. The zero-order valence-corrected chi connectivity index (χ0v) is 11.5. The molecule has 0 amide bonds. The van der Waals surface area contributed by atoms with Gasteiger partial charge >= 0.3 is 0 Å². The normalized spacial score (nSPS) is 27.1. The van der Waals surface area contributed by atoms with Crippen LogP contribution in [0, 0.1) is 5.41 Å². The Balaban J connectivity index is 2.43. The maximum absolute atomic E-state index is 6.56. The van der Waals surface area contributed by atoms with E-state index in [4.69, 9.17) is 22.1 Å². The summed E-state index contributed by atoms with van der Waals surface area (Å²) in [6, 6.07) is 5.69. The topological polar surface area (TPSA) is 35.2 Å². The van der Waals surface area contributed by atoms with Crippen LogP contribution < -0.4 is 10.5 Å². The van der Waals surface area contributed by atoms with Crippen LogP contribution in [-0.2, 0) is 5.54 Å². The lowest BCUT2D eigenvalue weighted by atomic mass is 9.83. The van der Waals surface area contributed by atoms with E-state index < -0.39 is 0 Å². The SMILES string of the molecule is COc1ccc(Cl)cc1C1(N)CCC(C)(C)C1. The molecule has 1 aliphatic rings. The average molecular weight is 254 g/mol. The predicted octanol–water partition coefficient (Wildman–Crippen LogP) is 3.71. The van der Waals surface area contributed by atoms with Gasteiger partial charge in [0.2, 0.25) is 0 Å². The summed E-state index contributed by atoms with van der Waals surface area (Å²) in [4.78, 5) is 0. The molecule has 0 heterocycles. The summed E-state index contributed by atoms with van der Waals surface area (Å²) < 4.78 is 5.41. The molecule has 0 saturated heterocycles. The van der Waals surface area contributed by atoms with Gasteiger partial charge in [-0.15, -0.1) is 0 Å². The minimum absolute atomic E-state index is 0.294. The smallest absolute Gasteiger partial charge is 0.124 e. The predicted molar refractivity (Wildman–Crippen MR) is 71.5 cm³/mol. The minimum atomic E-state index is -0.306. The lowest BCUT2D eigenvalue weighted by Crippen LogP contribution is -2.35. The Labute approximate surface area is 108 Å². The lowest BCUT2D eigenvalue weighted by Gasteiger charge is -2.28. The summed E-state index contributed by atoms with van der Waals surface area (Å²) in [6.45, 7) is 4.53. The fourth-order valence-corrected chi connectivity index (χ4v) is 3.06. The molecule has 2 nitrogen and oxygen atoms in total. The first kappa shape index (κ1) is 12.7. The van der Waals surface area contributed by atoms with Gasteiger partial charge in [0, 0.05) is 16.1 Å². The van der Waals surface area contributed by atoms with Gasteiger partial charge in [-0.25, -0.2) is 0 Å². The number of rotatable bonds is 2. The van der Waals surface area contributed by atoms with E-state index in [2.05, 4.69) is 13.8 Å². The highest BCUT2D eigenvalue weighted by Crippen LogP contribution is 2.49. The van der Waals surface area contributed by atoms with E-state index in [0.717, 1.165) is 35.6 Å². The van der Waals surface area contributed by atoms with Gasteiger partial charge in [0.1, 0.15) is 5.75 Å². The van der Waals surface area contributed by atoms with Crippen LogP contribution in [0.25, 0.3) is 0 Å². The Morgan fingerprint density at radius 1 is 1.29 bits per heavy atom. The van der Waals surface area contributed by atoms with E-state index in [1.807, 2.05) is 18.2 Å². The molecule has 0 aromatic heterocycles. The van der Waals surface area contributed by atoms with Gasteiger partial charge in [-0.05, 0) is 42.9 Å². The second-order valence-corrected chi connectivity index (χ2v) is 6.28. The molecule has 2 rings (SSSR count). The third kappa shape index (κ3) is 2.43. The second-order valence-electron chi connectivity index (χ2n) is 5.84. The molecule has 1 atom stereocenters. The van der Waals surface area contributed by atoms with Crippen LogP contribution in [0.1, 0.15) is 38.7 Å². The van der Waals surface area contributed by atoms with Crippen LogP contribution in [0.15, 0.2) is 18.2 Å². The largest absolute Gasteiger partial charge is 0.496 e. The van der Waals surface area contributed by atoms with E-state index >= 15 is 0 Å². The van der Waals surface area contributed by atoms with E-state index in [1.54, 1.807) is 7.11 Å². The zero-order chi connectivity index (χ0) is 12.7. The van der Waals surface area contributed by atoms with Crippen molar-refractivity contribution in [2.45, 2.75) is 38.6 Å². The molecule has 94 valence electrons. The van der Waals surface area contributed by atoms with Crippen LogP contribution >= 0.6 is 11.6 Å². The maximum atomic E-state index is 6.56. The van der Waals surface area contributed by atoms with Gasteiger partial charge in [-0.2, -0.15) is 0 Å². The number of nitrogens with two attached hydrogens (primary N) is 1. The second kappa shape index (κ2) is 4.18. The first-order valence-electron chi connectivity index (χ1n) is 5.99. The summed E-state index contributed by atoms with van der Waals surface area (Å²) in [5.41, 5.74) is 7.59. The quantitative estimate of drug-likeness (QED) is 0.872. The molecule has 2 N–H and O–H groups in total. The highest BCUT2D eigenvalue weighted by atomic mass is 35.5. The molecule has 1 aromatic carbocycles. The van der Waals surface area contributed by atoms with Crippen molar-refractivity contribution in [3.63, 3.8) is 0 Å². The average Bonchev–Trinajstić information content (AvgIpc) is 2.54.